The number of sulfonamides is 1. The smallest absolute Gasteiger partial charge is 0.228 e. The number of hydrogen-bond donors (Lipinski definition) is 1. The van der Waals surface area contributed by atoms with E-state index in [-0.39, 0.29) is 18.2 Å². The molecule has 0 unspecified atom stereocenters. The second-order valence-electron chi connectivity index (χ2n) is 5.94. The molecule has 2 aliphatic heterocycles. The molecule has 0 atom stereocenters. The van der Waals surface area contributed by atoms with E-state index in [1.54, 1.807) is 4.90 Å². The lowest BCUT2D eigenvalue weighted by Crippen LogP contribution is -2.50. The molecule has 3 rings (SSSR count). The summed E-state index contributed by atoms with van der Waals surface area (Å²) in [6.45, 7) is 1.51. The summed E-state index contributed by atoms with van der Waals surface area (Å²) in [5.74, 6) is -0.0456. The van der Waals surface area contributed by atoms with E-state index in [9.17, 15) is 18.0 Å². The van der Waals surface area contributed by atoms with Gasteiger partial charge in [-0.1, -0.05) is 12.1 Å². The summed E-state index contributed by atoms with van der Waals surface area (Å²) in [5, 5.41) is 2.76. The molecule has 23 heavy (non-hydrogen) atoms. The molecule has 1 N–H and O–H groups in total. The molecule has 7 nitrogen and oxygen atoms in total. The largest absolute Gasteiger partial charge is 0.340 e. The Morgan fingerprint density at radius 3 is 2.57 bits per heavy atom. The van der Waals surface area contributed by atoms with Crippen molar-refractivity contribution in [2.24, 2.45) is 0 Å². The molecule has 1 fully saturated rings. The number of carbonyl (C=O) groups is 2. The van der Waals surface area contributed by atoms with Gasteiger partial charge in [0.15, 0.2) is 0 Å². The van der Waals surface area contributed by atoms with Gasteiger partial charge in [0.2, 0.25) is 21.8 Å². The third-order valence-corrected chi connectivity index (χ3v) is 5.51. The lowest BCUT2D eigenvalue weighted by Gasteiger charge is -2.33. The highest BCUT2D eigenvalue weighted by atomic mass is 32.2. The van der Waals surface area contributed by atoms with Crippen molar-refractivity contribution < 1.29 is 18.0 Å². The SMILES string of the molecule is CS(=O)(=O)N1CCN(C(=O)Cc2ccc3c(c2)CC(=O)N3)CC1. The van der Waals surface area contributed by atoms with E-state index in [1.165, 1.54) is 10.6 Å². The molecule has 1 aromatic carbocycles. The van der Waals surface area contributed by atoms with E-state index in [4.69, 9.17) is 0 Å². The number of anilines is 1. The number of fused-ring (bicyclic) bond motifs is 1. The zero-order valence-electron chi connectivity index (χ0n) is 12.9. The van der Waals surface area contributed by atoms with E-state index >= 15 is 0 Å². The van der Waals surface area contributed by atoms with Crippen molar-refractivity contribution in [2.45, 2.75) is 12.8 Å². The summed E-state index contributed by atoms with van der Waals surface area (Å²) in [5.41, 5.74) is 2.60. The van der Waals surface area contributed by atoms with Crippen molar-refractivity contribution in [3.63, 3.8) is 0 Å². The second kappa shape index (κ2) is 5.93. The molecular formula is C15H19N3O4S. The molecule has 1 aromatic rings. The first-order valence-electron chi connectivity index (χ1n) is 7.47. The van der Waals surface area contributed by atoms with Gasteiger partial charge >= 0.3 is 0 Å². The number of nitrogens with zero attached hydrogens (tertiary/aromatic N) is 2. The average Bonchev–Trinajstić information content (AvgIpc) is 2.86. The molecule has 0 saturated carbocycles. The maximum Gasteiger partial charge on any atom is 0.228 e. The fourth-order valence-electron chi connectivity index (χ4n) is 2.95. The van der Waals surface area contributed by atoms with Crippen LogP contribution in [-0.4, -0.2) is 61.9 Å². The summed E-state index contributed by atoms with van der Waals surface area (Å²) >= 11 is 0. The number of piperazine rings is 1. The molecule has 0 bridgehead atoms. The van der Waals surface area contributed by atoms with E-state index in [0.717, 1.165) is 16.8 Å². The highest BCUT2D eigenvalue weighted by molar-refractivity contribution is 7.88. The van der Waals surface area contributed by atoms with E-state index < -0.39 is 10.0 Å². The van der Waals surface area contributed by atoms with E-state index in [2.05, 4.69) is 5.32 Å². The third-order valence-electron chi connectivity index (χ3n) is 4.21. The van der Waals surface area contributed by atoms with Crippen molar-refractivity contribution in [3.05, 3.63) is 29.3 Å². The topological polar surface area (TPSA) is 86.8 Å². The average molecular weight is 337 g/mol. The summed E-state index contributed by atoms with van der Waals surface area (Å²) in [6.07, 6.45) is 1.80. The van der Waals surface area contributed by atoms with Gasteiger partial charge in [-0.25, -0.2) is 8.42 Å². The quantitative estimate of drug-likeness (QED) is 0.829. The Morgan fingerprint density at radius 2 is 1.91 bits per heavy atom. The Hall–Kier alpha value is -1.93. The van der Waals surface area contributed by atoms with Gasteiger partial charge in [0.05, 0.1) is 19.1 Å². The molecule has 2 heterocycles. The lowest BCUT2D eigenvalue weighted by atomic mass is 10.1. The number of benzene rings is 1. The highest BCUT2D eigenvalue weighted by Gasteiger charge is 2.26. The van der Waals surface area contributed by atoms with Crippen LogP contribution in [0.25, 0.3) is 0 Å². The molecule has 124 valence electrons. The molecule has 8 heteroatoms. The van der Waals surface area contributed by atoms with Crippen LogP contribution in [0.5, 0.6) is 0 Å². The van der Waals surface area contributed by atoms with Crippen LogP contribution >= 0.6 is 0 Å². The predicted octanol–water partition coefficient (Wildman–Crippen LogP) is -0.172. The zero-order chi connectivity index (χ0) is 16.6. The monoisotopic (exact) mass is 337 g/mol. The number of nitrogens with one attached hydrogen (secondary N) is 1. The Balaban J connectivity index is 1.60. The van der Waals surface area contributed by atoms with Gasteiger partial charge < -0.3 is 10.2 Å². The van der Waals surface area contributed by atoms with Crippen LogP contribution in [0, 0.1) is 0 Å². The fraction of sp³-hybridized carbons (Fsp3) is 0.467. The van der Waals surface area contributed by atoms with Gasteiger partial charge in [-0.2, -0.15) is 4.31 Å². The van der Waals surface area contributed by atoms with Crippen LogP contribution < -0.4 is 5.32 Å². The molecule has 2 aliphatic rings. The van der Waals surface area contributed by atoms with Crippen LogP contribution in [0.2, 0.25) is 0 Å². The molecular weight excluding hydrogens is 318 g/mol. The fourth-order valence-corrected chi connectivity index (χ4v) is 3.77. The van der Waals surface area contributed by atoms with Crippen LogP contribution in [0.4, 0.5) is 5.69 Å². The first-order chi connectivity index (χ1) is 10.8. The van der Waals surface area contributed by atoms with Crippen molar-refractivity contribution in [3.8, 4) is 0 Å². The van der Waals surface area contributed by atoms with E-state index in [1.807, 2.05) is 18.2 Å². The highest BCUT2D eigenvalue weighted by Crippen LogP contribution is 2.24. The molecule has 1 saturated heterocycles. The number of carbonyl (C=O) groups excluding carboxylic acids is 2. The Kier molecular flexibility index (Phi) is 4.11. The van der Waals surface area contributed by atoms with Crippen molar-refractivity contribution in [2.75, 3.05) is 37.8 Å². The van der Waals surface area contributed by atoms with Gasteiger partial charge in [-0.15, -0.1) is 0 Å². The van der Waals surface area contributed by atoms with Crippen LogP contribution in [0.1, 0.15) is 11.1 Å². The molecule has 0 aliphatic carbocycles. The van der Waals surface area contributed by atoms with Gasteiger partial charge in [-0.05, 0) is 17.2 Å². The maximum atomic E-state index is 12.4. The van der Waals surface area contributed by atoms with Gasteiger partial charge in [0, 0.05) is 31.9 Å². The van der Waals surface area contributed by atoms with Gasteiger partial charge in [0.25, 0.3) is 0 Å². The zero-order valence-corrected chi connectivity index (χ0v) is 13.7. The number of hydrogen-bond acceptors (Lipinski definition) is 4. The van der Waals surface area contributed by atoms with Gasteiger partial charge in [0.1, 0.15) is 0 Å². The minimum atomic E-state index is -3.19. The third kappa shape index (κ3) is 3.53. The van der Waals surface area contributed by atoms with Crippen LogP contribution in [-0.2, 0) is 32.5 Å². The molecule has 2 amide bonds. The predicted molar refractivity (Wildman–Crippen MR) is 85.5 cm³/mol. The lowest BCUT2D eigenvalue weighted by molar-refractivity contribution is -0.131. The molecule has 0 aromatic heterocycles. The molecule has 0 spiro atoms. The van der Waals surface area contributed by atoms with E-state index in [0.29, 0.717) is 32.6 Å². The minimum Gasteiger partial charge on any atom is -0.340 e. The van der Waals surface area contributed by atoms with Crippen molar-refractivity contribution in [1.82, 2.24) is 9.21 Å². The first kappa shape index (κ1) is 15.9. The minimum absolute atomic E-state index is 0.0182. The maximum absolute atomic E-state index is 12.4. The summed E-state index contributed by atoms with van der Waals surface area (Å²) in [4.78, 5) is 25.4. The second-order valence-corrected chi connectivity index (χ2v) is 7.92. The summed E-state index contributed by atoms with van der Waals surface area (Å²) in [7, 11) is -3.19. The Labute approximate surface area is 135 Å². The number of amides is 2. The molecule has 0 radical (unpaired) electrons. The van der Waals surface area contributed by atoms with Crippen LogP contribution in [0.3, 0.4) is 0 Å². The summed E-state index contributed by atoms with van der Waals surface area (Å²) in [6, 6.07) is 5.55. The number of rotatable bonds is 3. The standard InChI is InChI=1S/C15H19N3O4S/c1-23(21,22)18-6-4-17(5-7-18)15(20)9-11-2-3-13-12(8-11)10-14(19)16-13/h2-3,8H,4-7,9-10H2,1H3,(H,16,19). The summed E-state index contributed by atoms with van der Waals surface area (Å²) < 4.78 is 24.3. The van der Waals surface area contributed by atoms with Crippen LogP contribution in [0.15, 0.2) is 18.2 Å². The van der Waals surface area contributed by atoms with Crippen molar-refractivity contribution >= 4 is 27.5 Å². The Bertz CT molecular complexity index is 752. The van der Waals surface area contributed by atoms with Crippen molar-refractivity contribution in [1.29, 1.82) is 0 Å². The van der Waals surface area contributed by atoms with Gasteiger partial charge in [-0.3, -0.25) is 9.59 Å². The normalized spacial score (nSPS) is 18.7. The first-order valence-corrected chi connectivity index (χ1v) is 9.32. The Morgan fingerprint density at radius 1 is 1.22 bits per heavy atom.